The zero-order valence-corrected chi connectivity index (χ0v) is 21.8. The molecule has 35 heavy (non-hydrogen) atoms. The van der Waals surface area contributed by atoms with E-state index in [0.717, 1.165) is 50.3 Å². The second kappa shape index (κ2) is 9.16. The van der Waals surface area contributed by atoms with Gasteiger partial charge in [0.25, 0.3) is 0 Å². The van der Waals surface area contributed by atoms with Gasteiger partial charge in [-0.3, -0.25) is 4.68 Å². The van der Waals surface area contributed by atoms with Crippen molar-refractivity contribution in [3.8, 4) is 23.0 Å². The summed E-state index contributed by atoms with van der Waals surface area (Å²) in [6.45, 7) is 6.05. The van der Waals surface area contributed by atoms with Crippen molar-refractivity contribution in [1.82, 2.24) is 19.3 Å². The summed E-state index contributed by atoms with van der Waals surface area (Å²) in [4.78, 5) is 4.68. The smallest absolute Gasteiger partial charge is 0.509 e. The summed E-state index contributed by atoms with van der Waals surface area (Å²) in [7, 11) is 0. The molecule has 0 spiro atoms. The second-order valence-electron chi connectivity index (χ2n) is 8.47. The zero-order chi connectivity index (χ0) is 23.2. The third kappa shape index (κ3) is 4.17. The number of para-hydroxylation sites is 1. The van der Waals surface area contributed by atoms with E-state index in [1.807, 2.05) is 74.1 Å². The van der Waals surface area contributed by atoms with E-state index in [0.29, 0.717) is 11.5 Å². The van der Waals surface area contributed by atoms with Crippen molar-refractivity contribution in [3.63, 3.8) is 0 Å². The zero-order valence-electron chi connectivity index (χ0n) is 19.5. The van der Waals surface area contributed by atoms with E-state index in [9.17, 15) is 0 Å². The maximum Gasteiger partial charge on any atom is 2.00 e. The Hall–Kier alpha value is -3.69. The fraction of sp³-hybridized carbons (Fsp3) is 0.103. The molecule has 6 rings (SSSR count). The molecule has 174 valence electrons. The minimum Gasteiger partial charge on any atom is -0.509 e. The summed E-state index contributed by atoms with van der Waals surface area (Å²) in [6.07, 6.45) is 1.88. The minimum absolute atomic E-state index is 0. The van der Waals surface area contributed by atoms with Crippen LogP contribution in [0.1, 0.15) is 17.0 Å². The number of fused-ring (bicyclic) bond motifs is 3. The molecule has 0 bridgehead atoms. The number of rotatable bonds is 4. The predicted molar refractivity (Wildman–Crippen MR) is 134 cm³/mol. The van der Waals surface area contributed by atoms with E-state index < -0.39 is 0 Å². The van der Waals surface area contributed by atoms with Crippen LogP contribution in [-0.2, 0) is 21.1 Å². The van der Waals surface area contributed by atoms with E-state index in [1.54, 1.807) is 0 Å². The topological polar surface area (TPSA) is 44.9 Å². The summed E-state index contributed by atoms with van der Waals surface area (Å²) in [5.41, 5.74) is 5.98. The van der Waals surface area contributed by atoms with Crippen LogP contribution in [0.2, 0.25) is 0 Å². The molecule has 0 N–H and O–H groups in total. The van der Waals surface area contributed by atoms with Crippen LogP contribution in [-0.4, -0.2) is 19.3 Å². The standard InChI is InChI=1S/C29H22N4O.Pt/c1-19-11-14-29(30-18-19)32-27-10-5-4-9-25(27)26-13-12-24(17-28(26)32)34-23-8-6-7-22(16-23)33-21(3)15-20(2)31-33;/h4-15,18H,1-3H3;/q-2;+2. The van der Waals surface area contributed by atoms with Crippen LogP contribution in [0.5, 0.6) is 11.5 Å². The fourth-order valence-electron chi connectivity index (χ4n) is 4.37. The van der Waals surface area contributed by atoms with Gasteiger partial charge in [-0.25, -0.2) is 4.98 Å². The van der Waals surface area contributed by atoms with Crippen molar-refractivity contribution >= 4 is 21.8 Å². The summed E-state index contributed by atoms with van der Waals surface area (Å²) in [5.74, 6) is 2.07. The van der Waals surface area contributed by atoms with Crippen LogP contribution in [0.25, 0.3) is 33.3 Å². The van der Waals surface area contributed by atoms with E-state index in [4.69, 9.17) is 4.74 Å². The van der Waals surface area contributed by atoms with Crippen molar-refractivity contribution in [2.24, 2.45) is 0 Å². The molecule has 0 radical (unpaired) electrons. The maximum absolute atomic E-state index is 6.22. The van der Waals surface area contributed by atoms with Gasteiger partial charge in [0.2, 0.25) is 0 Å². The van der Waals surface area contributed by atoms with Crippen molar-refractivity contribution in [2.45, 2.75) is 20.8 Å². The van der Waals surface area contributed by atoms with E-state index in [2.05, 4.69) is 57.1 Å². The second-order valence-corrected chi connectivity index (χ2v) is 8.47. The van der Waals surface area contributed by atoms with Gasteiger partial charge < -0.3 is 9.30 Å². The summed E-state index contributed by atoms with van der Waals surface area (Å²) in [5, 5.41) is 6.81. The Balaban J connectivity index is 0.00000253. The summed E-state index contributed by atoms with van der Waals surface area (Å²) >= 11 is 0. The van der Waals surface area contributed by atoms with Gasteiger partial charge in [-0.15, -0.1) is 35.7 Å². The molecule has 0 saturated carbocycles. The molecule has 0 unspecified atom stereocenters. The first-order chi connectivity index (χ1) is 16.6. The molecular formula is C29H22N4OPt. The molecule has 6 heteroatoms. The van der Waals surface area contributed by atoms with E-state index in [1.165, 1.54) is 0 Å². The molecule has 0 atom stereocenters. The Morgan fingerprint density at radius 3 is 2.40 bits per heavy atom. The first kappa shape index (κ1) is 23.1. The van der Waals surface area contributed by atoms with Crippen LogP contribution in [0, 0.1) is 32.9 Å². The molecule has 0 saturated heterocycles. The molecule has 5 nitrogen and oxygen atoms in total. The molecule has 0 fully saturated rings. The van der Waals surface area contributed by atoms with Gasteiger partial charge in [0.15, 0.2) is 0 Å². The number of pyridine rings is 1. The van der Waals surface area contributed by atoms with E-state index >= 15 is 0 Å². The number of aromatic nitrogens is 4. The Morgan fingerprint density at radius 1 is 0.800 bits per heavy atom. The average Bonchev–Trinajstić information content (AvgIpc) is 3.35. The molecule has 0 amide bonds. The number of aryl methyl sites for hydroxylation is 3. The minimum atomic E-state index is 0. The van der Waals surface area contributed by atoms with Crippen LogP contribution >= 0.6 is 0 Å². The van der Waals surface area contributed by atoms with Crippen LogP contribution < -0.4 is 4.74 Å². The largest absolute Gasteiger partial charge is 2.00 e. The quantitative estimate of drug-likeness (QED) is 0.203. The van der Waals surface area contributed by atoms with Crippen molar-refractivity contribution < 1.29 is 25.8 Å². The summed E-state index contributed by atoms with van der Waals surface area (Å²) < 4.78 is 10.2. The molecule has 0 aliphatic heterocycles. The van der Waals surface area contributed by atoms with Gasteiger partial charge >= 0.3 is 21.1 Å². The molecule has 0 aliphatic rings. The third-order valence-corrected chi connectivity index (χ3v) is 5.89. The first-order valence-electron chi connectivity index (χ1n) is 11.2. The van der Waals surface area contributed by atoms with Gasteiger partial charge in [0, 0.05) is 28.9 Å². The van der Waals surface area contributed by atoms with Gasteiger partial charge in [0.1, 0.15) is 5.82 Å². The summed E-state index contributed by atoms with van der Waals surface area (Å²) in [6, 6.07) is 31.1. The van der Waals surface area contributed by atoms with Crippen molar-refractivity contribution in [1.29, 1.82) is 0 Å². The fourth-order valence-corrected chi connectivity index (χ4v) is 4.37. The number of ether oxygens (including phenoxy) is 1. The van der Waals surface area contributed by atoms with Gasteiger partial charge in [-0.1, -0.05) is 29.8 Å². The third-order valence-electron chi connectivity index (χ3n) is 5.89. The molecule has 3 aromatic carbocycles. The Kier molecular flexibility index (Phi) is 6.04. The van der Waals surface area contributed by atoms with Crippen LogP contribution in [0.15, 0.2) is 79.0 Å². The number of hydrogen-bond acceptors (Lipinski definition) is 3. The molecule has 3 heterocycles. The Labute approximate surface area is 218 Å². The van der Waals surface area contributed by atoms with Gasteiger partial charge in [-0.2, -0.15) is 17.2 Å². The van der Waals surface area contributed by atoms with E-state index in [-0.39, 0.29) is 21.1 Å². The molecular weight excluding hydrogens is 615 g/mol. The normalized spacial score (nSPS) is 11.1. The Bertz CT molecular complexity index is 1660. The average molecular weight is 638 g/mol. The van der Waals surface area contributed by atoms with Gasteiger partial charge in [0.05, 0.1) is 5.69 Å². The first-order valence-corrected chi connectivity index (χ1v) is 11.2. The van der Waals surface area contributed by atoms with Crippen molar-refractivity contribution in [3.05, 3.63) is 108 Å². The number of nitrogens with zero attached hydrogens (tertiary/aromatic N) is 4. The van der Waals surface area contributed by atoms with Crippen molar-refractivity contribution in [2.75, 3.05) is 0 Å². The van der Waals surface area contributed by atoms with Gasteiger partial charge in [-0.05, 0) is 55.6 Å². The predicted octanol–water partition coefficient (Wildman–Crippen LogP) is 6.68. The SMILES string of the molecule is Cc1ccc(-n2c3[c-]c(Oc4[c-]c(-n5nc(C)cc5C)ccc4)ccc3c3ccccc32)nc1.[Pt+2]. The number of benzene rings is 3. The molecule has 3 aromatic heterocycles. The van der Waals surface area contributed by atoms with Crippen LogP contribution in [0.3, 0.4) is 0 Å². The number of hydrogen-bond donors (Lipinski definition) is 0. The molecule has 6 aromatic rings. The maximum atomic E-state index is 6.22. The molecule has 0 aliphatic carbocycles. The monoisotopic (exact) mass is 637 g/mol. The Morgan fingerprint density at radius 2 is 1.63 bits per heavy atom. The van der Waals surface area contributed by atoms with Crippen LogP contribution in [0.4, 0.5) is 0 Å².